The van der Waals surface area contributed by atoms with Crippen LogP contribution in [0.5, 0.6) is 0 Å². The normalized spacial score (nSPS) is 11.5. The predicted molar refractivity (Wildman–Crippen MR) is 76.8 cm³/mol. The Morgan fingerprint density at radius 1 is 1.19 bits per heavy atom. The summed E-state index contributed by atoms with van der Waals surface area (Å²) < 4.78 is 27.6. The monoisotopic (exact) mass is 311 g/mol. The van der Waals surface area contributed by atoms with E-state index in [2.05, 4.69) is 20.8 Å². The Hall–Kier alpha value is -1.97. The van der Waals surface area contributed by atoms with E-state index in [0.29, 0.717) is 25.0 Å². The van der Waals surface area contributed by atoms with E-state index >= 15 is 0 Å². The molecule has 0 radical (unpaired) electrons. The summed E-state index contributed by atoms with van der Waals surface area (Å²) in [6, 6.07) is 6.57. The molecule has 0 saturated heterocycles. The third kappa shape index (κ3) is 4.52. The summed E-state index contributed by atoms with van der Waals surface area (Å²) in [7, 11) is -3.66. The summed E-state index contributed by atoms with van der Waals surface area (Å²) in [6.45, 7) is 3.77. The third-order valence-electron chi connectivity index (χ3n) is 2.69. The molecule has 9 heteroatoms. The molecule has 1 aromatic heterocycles. The van der Waals surface area contributed by atoms with Crippen LogP contribution in [0.25, 0.3) is 0 Å². The van der Waals surface area contributed by atoms with Gasteiger partial charge < -0.3 is 15.1 Å². The van der Waals surface area contributed by atoms with Crippen LogP contribution in [0, 0.1) is 0 Å². The molecule has 2 aromatic rings. The zero-order valence-electron chi connectivity index (χ0n) is 11.5. The van der Waals surface area contributed by atoms with Crippen molar-refractivity contribution < 1.29 is 12.8 Å². The molecule has 0 fully saturated rings. The maximum absolute atomic E-state index is 11.1. The van der Waals surface area contributed by atoms with Crippen molar-refractivity contribution in [3.05, 3.63) is 35.7 Å². The van der Waals surface area contributed by atoms with Crippen molar-refractivity contribution in [1.29, 1.82) is 0 Å². The van der Waals surface area contributed by atoms with Gasteiger partial charge in [0.2, 0.25) is 15.9 Å². The number of primary sulfonamides is 1. The minimum atomic E-state index is -3.66. The molecular weight excluding hydrogens is 294 g/mol. The van der Waals surface area contributed by atoms with Gasteiger partial charge in [0.15, 0.2) is 0 Å². The van der Waals surface area contributed by atoms with Crippen molar-refractivity contribution in [3.63, 3.8) is 0 Å². The van der Waals surface area contributed by atoms with Gasteiger partial charge in [-0.3, -0.25) is 0 Å². The molecule has 0 saturated carbocycles. The van der Waals surface area contributed by atoms with Gasteiger partial charge in [0.1, 0.15) is 0 Å². The molecule has 4 N–H and O–H groups in total. The molecule has 0 bridgehead atoms. The fourth-order valence-corrected chi connectivity index (χ4v) is 2.12. The fraction of sp³-hybridized carbons (Fsp3) is 0.333. The average molecular weight is 311 g/mol. The SMILES string of the molecule is CCNCc1nnc(NCc2ccc(S(N)(=O)=O)cc2)o1. The molecule has 0 unspecified atom stereocenters. The van der Waals surface area contributed by atoms with Crippen LogP contribution >= 0.6 is 0 Å². The minimum Gasteiger partial charge on any atom is -0.407 e. The molecule has 114 valence electrons. The number of aromatic nitrogens is 2. The smallest absolute Gasteiger partial charge is 0.315 e. The zero-order chi connectivity index (χ0) is 15.3. The Kier molecular flexibility index (Phi) is 4.89. The van der Waals surface area contributed by atoms with Crippen molar-refractivity contribution in [2.75, 3.05) is 11.9 Å². The molecule has 2 rings (SSSR count). The quantitative estimate of drug-likeness (QED) is 0.677. The topological polar surface area (TPSA) is 123 Å². The summed E-state index contributed by atoms with van der Waals surface area (Å²) in [4.78, 5) is 0.0805. The third-order valence-corrected chi connectivity index (χ3v) is 3.62. The number of anilines is 1. The van der Waals surface area contributed by atoms with E-state index in [1.165, 1.54) is 12.1 Å². The number of hydrogen-bond acceptors (Lipinski definition) is 7. The van der Waals surface area contributed by atoms with Gasteiger partial charge in [-0.15, -0.1) is 5.10 Å². The largest absolute Gasteiger partial charge is 0.407 e. The highest BCUT2D eigenvalue weighted by atomic mass is 32.2. The molecule has 1 aromatic carbocycles. The van der Waals surface area contributed by atoms with E-state index in [4.69, 9.17) is 9.56 Å². The van der Waals surface area contributed by atoms with E-state index in [1.54, 1.807) is 12.1 Å². The number of rotatable bonds is 7. The first kappa shape index (κ1) is 15.4. The first-order valence-electron chi connectivity index (χ1n) is 6.37. The van der Waals surface area contributed by atoms with Crippen molar-refractivity contribution in [3.8, 4) is 0 Å². The molecule has 0 aliphatic carbocycles. The van der Waals surface area contributed by atoms with Crippen LogP contribution in [-0.2, 0) is 23.1 Å². The molecule has 0 amide bonds. The molecule has 21 heavy (non-hydrogen) atoms. The maximum atomic E-state index is 11.1. The van der Waals surface area contributed by atoms with E-state index in [1.807, 2.05) is 6.92 Å². The number of nitrogens with one attached hydrogen (secondary N) is 2. The van der Waals surface area contributed by atoms with E-state index < -0.39 is 10.0 Å². The van der Waals surface area contributed by atoms with Crippen LogP contribution in [0.15, 0.2) is 33.6 Å². The molecule has 8 nitrogen and oxygen atoms in total. The highest BCUT2D eigenvalue weighted by Gasteiger charge is 2.08. The lowest BCUT2D eigenvalue weighted by atomic mass is 10.2. The van der Waals surface area contributed by atoms with Crippen LogP contribution in [0.2, 0.25) is 0 Å². The Morgan fingerprint density at radius 3 is 2.52 bits per heavy atom. The molecular formula is C12H17N5O3S. The summed E-state index contributed by atoms with van der Waals surface area (Å²) in [5.74, 6) is 0.504. The first-order chi connectivity index (χ1) is 9.99. The van der Waals surface area contributed by atoms with Crippen LogP contribution in [0.3, 0.4) is 0 Å². The number of nitrogens with two attached hydrogens (primary N) is 1. The molecule has 0 spiro atoms. The van der Waals surface area contributed by atoms with Gasteiger partial charge in [-0.1, -0.05) is 24.2 Å². The van der Waals surface area contributed by atoms with Crippen LogP contribution in [0.1, 0.15) is 18.4 Å². The minimum absolute atomic E-state index is 0.0805. The van der Waals surface area contributed by atoms with Gasteiger partial charge in [0.05, 0.1) is 11.4 Å². The van der Waals surface area contributed by atoms with Crippen molar-refractivity contribution in [2.24, 2.45) is 5.14 Å². The average Bonchev–Trinajstić information content (AvgIpc) is 2.90. The second-order valence-corrected chi connectivity index (χ2v) is 5.89. The zero-order valence-corrected chi connectivity index (χ0v) is 12.4. The number of hydrogen-bond donors (Lipinski definition) is 3. The Morgan fingerprint density at radius 2 is 1.90 bits per heavy atom. The summed E-state index contributed by atoms with van der Waals surface area (Å²) >= 11 is 0. The van der Waals surface area contributed by atoms with E-state index in [0.717, 1.165) is 12.1 Å². The van der Waals surface area contributed by atoms with Gasteiger partial charge in [-0.05, 0) is 24.2 Å². The van der Waals surface area contributed by atoms with Crippen LogP contribution < -0.4 is 15.8 Å². The van der Waals surface area contributed by atoms with E-state index in [-0.39, 0.29) is 4.90 Å². The second kappa shape index (κ2) is 6.66. The highest BCUT2D eigenvalue weighted by molar-refractivity contribution is 7.89. The summed E-state index contributed by atoms with van der Waals surface area (Å²) in [5, 5.41) is 18.8. The summed E-state index contributed by atoms with van der Waals surface area (Å²) in [5.41, 5.74) is 0.869. The van der Waals surface area contributed by atoms with Crippen LogP contribution in [-0.4, -0.2) is 25.2 Å². The lowest BCUT2D eigenvalue weighted by Gasteiger charge is -2.03. The Labute approximate surface area is 122 Å². The maximum Gasteiger partial charge on any atom is 0.315 e. The van der Waals surface area contributed by atoms with E-state index in [9.17, 15) is 8.42 Å². The van der Waals surface area contributed by atoms with Crippen LogP contribution in [0.4, 0.5) is 6.01 Å². The number of nitrogens with zero attached hydrogens (tertiary/aromatic N) is 2. The van der Waals surface area contributed by atoms with Gasteiger partial charge in [-0.25, -0.2) is 13.6 Å². The second-order valence-electron chi connectivity index (χ2n) is 4.32. The van der Waals surface area contributed by atoms with Gasteiger partial charge in [-0.2, -0.15) is 0 Å². The number of benzene rings is 1. The molecule has 1 heterocycles. The number of sulfonamides is 1. The lowest BCUT2D eigenvalue weighted by molar-refractivity contribution is 0.481. The summed E-state index contributed by atoms with van der Waals surface area (Å²) in [6.07, 6.45) is 0. The lowest BCUT2D eigenvalue weighted by Crippen LogP contribution is -2.12. The molecule has 0 aliphatic heterocycles. The Bertz CT molecular complexity index is 681. The standard InChI is InChI=1S/C12H17N5O3S/c1-2-14-8-11-16-17-12(20-11)15-7-9-3-5-10(6-4-9)21(13,18)19/h3-6,14H,2,7-8H2,1H3,(H,15,17)(H2,13,18,19). The van der Waals surface area contributed by atoms with Crippen molar-refractivity contribution in [1.82, 2.24) is 15.5 Å². The first-order valence-corrected chi connectivity index (χ1v) is 7.92. The molecule has 0 atom stereocenters. The highest BCUT2D eigenvalue weighted by Crippen LogP contribution is 2.11. The Balaban J connectivity index is 1.92. The van der Waals surface area contributed by atoms with Gasteiger partial charge >= 0.3 is 6.01 Å². The van der Waals surface area contributed by atoms with Gasteiger partial charge in [0, 0.05) is 6.54 Å². The van der Waals surface area contributed by atoms with Crippen molar-refractivity contribution in [2.45, 2.75) is 24.9 Å². The molecule has 0 aliphatic rings. The fourth-order valence-electron chi connectivity index (χ4n) is 1.60. The van der Waals surface area contributed by atoms with Crippen molar-refractivity contribution >= 4 is 16.0 Å². The predicted octanol–water partition coefficient (Wildman–Crippen LogP) is 0.439. The van der Waals surface area contributed by atoms with Gasteiger partial charge in [0.25, 0.3) is 0 Å².